The van der Waals surface area contributed by atoms with Crippen LogP contribution in [0.1, 0.15) is 12.8 Å². The van der Waals surface area contributed by atoms with Gasteiger partial charge in [-0.25, -0.2) is 0 Å². The standard InChI is InChI=1S/C20H18Cl2N4O2/c21-14-5-6-16(15(22)11-14)23-20(27)13-3-1-9-26(12-13)19-8-7-17(24-25-19)18-4-2-10-28-18/h2,4-8,10-11,13H,1,3,9,12H2,(H,23,27). The first-order valence-electron chi connectivity index (χ1n) is 8.98. The third-order valence-corrected chi connectivity index (χ3v) is 5.28. The molecule has 144 valence electrons. The maximum atomic E-state index is 12.7. The molecule has 0 saturated carbocycles. The maximum absolute atomic E-state index is 12.7. The molecule has 3 heterocycles. The zero-order chi connectivity index (χ0) is 19.5. The minimum Gasteiger partial charge on any atom is -0.463 e. The Morgan fingerprint density at radius 2 is 2.07 bits per heavy atom. The van der Waals surface area contributed by atoms with Crippen molar-refractivity contribution >= 4 is 40.6 Å². The molecule has 0 bridgehead atoms. The number of anilines is 2. The number of hydrogen-bond donors (Lipinski definition) is 1. The van der Waals surface area contributed by atoms with Crippen LogP contribution in [0.2, 0.25) is 10.0 Å². The van der Waals surface area contributed by atoms with Gasteiger partial charge in [-0.05, 0) is 55.3 Å². The van der Waals surface area contributed by atoms with E-state index in [0.29, 0.717) is 33.7 Å². The van der Waals surface area contributed by atoms with Crippen LogP contribution in [0.5, 0.6) is 0 Å². The van der Waals surface area contributed by atoms with Gasteiger partial charge in [0.15, 0.2) is 11.6 Å². The van der Waals surface area contributed by atoms with Gasteiger partial charge >= 0.3 is 0 Å². The van der Waals surface area contributed by atoms with Crippen molar-refractivity contribution in [1.82, 2.24) is 10.2 Å². The molecule has 1 aliphatic rings. The number of halogens is 2. The number of nitrogens with zero attached hydrogens (tertiary/aromatic N) is 3. The molecule has 28 heavy (non-hydrogen) atoms. The fourth-order valence-electron chi connectivity index (χ4n) is 3.27. The molecule has 1 unspecified atom stereocenters. The molecule has 1 atom stereocenters. The van der Waals surface area contributed by atoms with Gasteiger partial charge in [0, 0.05) is 18.1 Å². The highest BCUT2D eigenvalue weighted by Crippen LogP contribution is 2.28. The molecule has 1 aromatic carbocycles. The van der Waals surface area contributed by atoms with E-state index in [-0.39, 0.29) is 11.8 Å². The van der Waals surface area contributed by atoms with Gasteiger partial charge in [-0.1, -0.05) is 23.2 Å². The molecule has 6 nitrogen and oxygen atoms in total. The van der Waals surface area contributed by atoms with Crippen LogP contribution >= 0.6 is 23.2 Å². The molecular weight excluding hydrogens is 399 g/mol. The van der Waals surface area contributed by atoms with E-state index < -0.39 is 0 Å². The summed E-state index contributed by atoms with van der Waals surface area (Å²) in [4.78, 5) is 14.8. The van der Waals surface area contributed by atoms with Crippen LogP contribution in [0.15, 0.2) is 53.1 Å². The van der Waals surface area contributed by atoms with E-state index in [4.69, 9.17) is 27.6 Å². The van der Waals surface area contributed by atoms with Crippen LogP contribution in [-0.2, 0) is 4.79 Å². The van der Waals surface area contributed by atoms with Gasteiger partial charge in [-0.3, -0.25) is 4.79 Å². The Morgan fingerprint density at radius 3 is 2.79 bits per heavy atom. The molecule has 2 aromatic heterocycles. The summed E-state index contributed by atoms with van der Waals surface area (Å²) >= 11 is 12.1. The molecule has 1 fully saturated rings. The van der Waals surface area contributed by atoms with Crippen molar-refractivity contribution in [3.05, 3.63) is 58.8 Å². The molecule has 0 spiro atoms. The highest BCUT2D eigenvalue weighted by molar-refractivity contribution is 6.36. The van der Waals surface area contributed by atoms with Gasteiger partial charge in [-0.2, -0.15) is 0 Å². The molecule has 0 radical (unpaired) electrons. The Morgan fingerprint density at radius 1 is 1.18 bits per heavy atom. The number of aromatic nitrogens is 2. The van der Waals surface area contributed by atoms with Gasteiger partial charge in [-0.15, -0.1) is 10.2 Å². The number of amides is 1. The normalized spacial score (nSPS) is 16.8. The minimum atomic E-state index is -0.160. The van der Waals surface area contributed by atoms with E-state index in [2.05, 4.69) is 20.4 Å². The summed E-state index contributed by atoms with van der Waals surface area (Å²) in [5.74, 6) is 1.20. The van der Waals surface area contributed by atoms with E-state index in [1.54, 1.807) is 24.5 Å². The van der Waals surface area contributed by atoms with Crippen molar-refractivity contribution in [2.45, 2.75) is 12.8 Å². The number of benzene rings is 1. The number of carbonyl (C=O) groups excluding carboxylic acids is 1. The van der Waals surface area contributed by atoms with Crippen LogP contribution in [-0.4, -0.2) is 29.2 Å². The van der Waals surface area contributed by atoms with Crippen molar-refractivity contribution < 1.29 is 9.21 Å². The van der Waals surface area contributed by atoms with Gasteiger partial charge in [0.25, 0.3) is 0 Å². The second kappa shape index (κ2) is 8.20. The van der Waals surface area contributed by atoms with E-state index in [0.717, 1.165) is 25.2 Å². The quantitative estimate of drug-likeness (QED) is 0.654. The Bertz CT molecular complexity index is 961. The Kier molecular flexibility index (Phi) is 5.50. The maximum Gasteiger partial charge on any atom is 0.229 e. The topological polar surface area (TPSA) is 71.3 Å². The smallest absolute Gasteiger partial charge is 0.229 e. The zero-order valence-electron chi connectivity index (χ0n) is 14.9. The molecule has 4 rings (SSSR count). The monoisotopic (exact) mass is 416 g/mol. The SMILES string of the molecule is O=C(Nc1ccc(Cl)cc1Cl)C1CCCN(c2ccc(-c3ccco3)nn2)C1. The van der Waals surface area contributed by atoms with Gasteiger partial charge in [0.1, 0.15) is 5.69 Å². The summed E-state index contributed by atoms with van der Waals surface area (Å²) in [6.07, 6.45) is 3.31. The number of furan rings is 1. The van der Waals surface area contributed by atoms with Crippen molar-refractivity contribution in [2.24, 2.45) is 5.92 Å². The van der Waals surface area contributed by atoms with Crippen LogP contribution in [0.4, 0.5) is 11.5 Å². The number of piperidine rings is 1. The van der Waals surface area contributed by atoms with Crippen LogP contribution in [0.25, 0.3) is 11.5 Å². The summed E-state index contributed by atoms with van der Waals surface area (Å²) in [6, 6.07) is 12.5. The highest BCUT2D eigenvalue weighted by atomic mass is 35.5. The van der Waals surface area contributed by atoms with Crippen LogP contribution < -0.4 is 10.2 Å². The number of carbonyl (C=O) groups is 1. The van der Waals surface area contributed by atoms with E-state index >= 15 is 0 Å². The Balaban J connectivity index is 1.43. The van der Waals surface area contributed by atoms with Gasteiger partial charge in [0.05, 0.1) is 22.9 Å². The second-order valence-electron chi connectivity index (χ2n) is 6.65. The summed E-state index contributed by atoms with van der Waals surface area (Å²) in [5, 5.41) is 12.4. The Labute approximate surface area is 172 Å². The van der Waals surface area contributed by atoms with Crippen molar-refractivity contribution in [2.75, 3.05) is 23.3 Å². The van der Waals surface area contributed by atoms with E-state index in [1.165, 1.54) is 0 Å². The van der Waals surface area contributed by atoms with Gasteiger partial charge < -0.3 is 14.6 Å². The number of hydrogen-bond acceptors (Lipinski definition) is 5. The van der Waals surface area contributed by atoms with Crippen molar-refractivity contribution in [3.8, 4) is 11.5 Å². The van der Waals surface area contributed by atoms with Crippen LogP contribution in [0.3, 0.4) is 0 Å². The number of nitrogens with one attached hydrogen (secondary N) is 1. The molecule has 0 aliphatic carbocycles. The highest BCUT2D eigenvalue weighted by Gasteiger charge is 2.27. The summed E-state index contributed by atoms with van der Waals surface area (Å²) < 4.78 is 5.34. The average molecular weight is 417 g/mol. The van der Waals surface area contributed by atoms with E-state index in [9.17, 15) is 4.79 Å². The van der Waals surface area contributed by atoms with Crippen LogP contribution in [0, 0.1) is 5.92 Å². The molecule has 1 N–H and O–H groups in total. The molecule has 1 amide bonds. The molecular formula is C20H18Cl2N4O2. The fourth-order valence-corrected chi connectivity index (χ4v) is 3.73. The fraction of sp³-hybridized carbons (Fsp3) is 0.250. The molecule has 1 saturated heterocycles. The third kappa shape index (κ3) is 4.13. The summed E-state index contributed by atoms with van der Waals surface area (Å²) in [6.45, 7) is 1.41. The lowest BCUT2D eigenvalue weighted by Crippen LogP contribution is -2.41. The van der Waals surface area contributed by atoms with Gasteiger partial charge in [0.2, 0.25) is 5.91 Å². The lowest BCUT2D eigenvalue weighted by molar-refractivity contribution is -0.120. The lowest BCUT2D eigenvalue weighted by atomic mass is 9.97. The molecule has 1 aliphatic heterocycles. The zero-order valence-corrected chi connectivity index (χ0v) is 16.5. The Hall–Kier alpha value is -2.57. The minimum absolute atomic E-state index is 0.0610. The largest absolute Gasteiger partial charge is 0.463 e. The third-order valence-electron chi connectivity index (χ3n) is 4.73. The average Bonchev–Trinajstić information content (AvgIpc) is 3.25. The molecule has 3 aromatic rings. The van der Waals surface area contributed by atoms with Crippen molar-refractivity contribution in [1.29, 1.82) is 0 Å². The lowest BCUT2D eigenvalue weighted by Gasteiger charge is -2.32. The predicted molar refractivity (Wildman–Crippen MR) is 110 cm³/mol. The van der Waals surface area contributed by atoms with E-state index in [1.807, 2.05) is 24.3 Å². The predicted octanol–water partition coefficient (Wildman–Crippen LogP) is 4.90. The van der Waals surface area contributed by atoms with Crippen molar-refractivity contribution in [3.63, 3.8) is 0 Å². The first-order valence-corrected chi connectivity index (χ1v) is 9.74. The first-order chi connectivity index (χ1) is 13.6. The summed E-state index contributed by atoms with van der Waals surface area (Å²) in [5.41, 5.74) is 1.24. The molecule has 8 heteroatoms. The number of rotatable bonds is 4. The summed E-state index contributed by atoms with van der Waals surface area (Å²) in [7, 11) is 0. The first kappa shape index (κ1) is 18.8. The second-order valence-corrected chi connectivity index (χ2v) is 7.50.